The number of rotatable bonds is 5. The fraction of sp³-hybridized carbons (Fsp3) is 0.333. The molecule has 4 rings (SSSR count). The van der Waals surface area contributed by atoms with E-state index in [4.69, 9.17) is 4.52 Å². The van der Waals surface area contributed by atoms with Crippen LogP contribution in [-0.4, -0.2) is 42.1 Å². The van der Waals surface area contributed by atoms with Gasteiger partial charge in [-0.2, -0.15) is 13.2 Å². The minimum atomic E-state index is -4.38. The molecule has 1 amide bonds. The van der Waals surface area contributed by atoms with E-state index < -0.39 is 11.7 Å². The largest absolute Gasteiger partial charge is 0.416 e. The van der Waals surface area contributed by atoms with Gasteiger partial charge in [0.05, 0.1) is 16.8 Å². The Kier molecular flexibility index (Phi) is 6.69. The van der Waals surface area contributed by atoms with Crippen molar-refractivity contribution in [2.45, 2.75) is 30.7 Å². The van der Waals surface area contributed by atoms with E-state index in [1.807, 2.05) is 43.0 Å². The number of anilines is 1. The molecule has 9 heteroatoms. The SMILES string of the molecule is Cc1noc(C)c1CSc1ccccc1C(=O)N1CCN(c2cccc(C(F)(F)F)c2)CC1. The number of carbonyl (C=O) groups excluding carboxylic acids is 1. The molecular formula is C24H24F3N3O2S. The van der Waals surface area contributed by atoms with Gasteiger partial charge >= 0.3 is 6.18 Å². The molecule has 0 saturated carbocycles. The molecule has 0 aliphatic carbocycles. The third kappa shape index (κ3) is 5.19. The van der Waals surface area contributed by atoms with Crippen molar-refractivity contribution in [3.8, 4) is 0 Å². The summed E-state index contributed by atoms with van der Waals surface area (Å²) in [6.45, 7) is 5.60. The van der Waals surface area contributed by atoms with Crippen LogP contribution in [0.15, 0.2) is 57.9 Å². The number of thioether (sulfide) groups is 1. The Morgan fingerprint density at radius 1 is 1.06 bits per heavy atom. The zero-order chi connectivity index (χ0) is 23.6. The molecule has 0 atom stereocenters. The first-order valence-electron chi connectivity index (χ1n) is 10.6. The number of halogens is 3. The van der Waals surface area contributed by atoms with Crippen LogP contribution in [0.3, 0.4) is 0 Å². The molecule has 2 aromatic carbocycles. The maximum absolute atomic E-state index is 13.3. The van der Waals surface area contributed by atoms with Crippen LogP contribution in [0.1, 0.15) is 32.9 Å². The molecular weight excluding hydrogens is 451 g/mol. The summed E-state index contributed by atoms with van der Waals surface area (Å²) < 4.78 is 44.4. The zero-order valence-electron chi connectivity index (χ0n) is 18.4. The van der Waals surface area contributed by atoms with E-state index in [1.165, 1.54) is 6.07 Å². The van der Waals surface area contributed by atoms with E-state index in [-0.39, 0.29) is 5.91 Å². The fourth-order valence-corrected chi connectivity index (χ4v) is 5.04. The van der Waals surface area contributed by atoms with Crippen molar-refractivity contribution in [1.82, 2.24) is 10.1 Å². The number of hydrogen-bond acceptors (Lipinski definition) is 5. The van der Waals surface area contributed by atoms with Crippen LogP contribution >= 0.6 is 11.8 Å². The van der Waals surface area contributed by atoms with Gasteiger partial charge in [-0.15, -0.1) is 11.8 Å². The van der Waals surface area contributed by atoms with Gasteiger partial charge in [0.25, 0.3) is 5.91 Å². The number of piperazine rings is 1. The highest BCUT2D eigenvalue weighted by Crippen LogP contribution is 2.32. The van der Waals surface area contributed by atoms with E-state index in [0.29, 0.717) is 43.2 Å². The smallest absolute Gasteiger partial charge is 0.368 e. The minimum Gasteiger partial charge on any atom is -0.368 e. The zero-order valence-corrected chi connectivity index (χ0v) is 19.2. The highest BCUT2D eigenvalue weighted by Gasteiger charge is 2.31. The van der Waals surface area contributed by atoms with Gasteiger partial charge in [-0.3, -0.25) is 4.79 Å². The summed E-state index contributed by atoms with van der Waals surface area (Å²) >= 11 is 1.56. The lowest BCUT2D eigenvalue weighted by Crippen LogP contribution is -2.49. The molecule has 174 valence electrons. The third-order valence-electron chi connectivity index (χ3n) is 5.78. The quantitative estimate of drug-likeness (QED) is 0.452. The van der Waals surface area contributed by atoms with E-state index in [1.54, 1.807) is 22.7 Å². The molecule has 2 heterocycles. The fourth-order valence-electron chi connectivity index (χ4n) is 3.84. The van der Waals surface area contributed by atoms with E-state index in [0.717, 1.165) is 34.0 Å². The van der Waals surface area contributed by atoms with Gasteiger partial charge in [-0.1, -0.05) is 23.4 Å². The standard InChI is InChI=1S/C24H24F3N3O2S/c1-16-21(17(2)32-28-16)15-33-22-9-4-3-8-20(22)23(31)30-12-10-29(11-13-30)19-7-5-6-18(14-19)24(25,26)27/h3-9,14H,10-13,15H2,1-2H3. The summed E-state index contributed by atoms with van der Waals surface area (Å²) in [4.78, 5) is 17.8. The molecule has 1 aliphatic heterocycles. The average molecular weight is 476 g/mol. The van der Waals surface area contributed by atoms with Gasteiger partial charge in [0, 0.05) is 48.1 Å². The molecule has 1 aliphatic rings. The Balaban J connectivity index is 1.42. The average Bonchev–Trinajstić information content (AvgIpc) is 3.14. The second kappa shape index (κ2) is 9.51. The molecule has 0 spiro atoms. The third-order valence-corrected chi connectivity index (χ3v) is 6.88. The number of carbonyl (C=O) groups is 1. The molecule has 0 bridgehead atoms. The second-order valence-electron chi connectivity index (χ2n) is 7.91. The number of hydrogen-bond donors (Lipinski definition) is 0. The van der Waals surface area contributed by atoms with Crippen molar-refractivity contribution in [3.05, 3.63) is 76.7 Å². The van der Waals surface area contributed by atoms with Crippen LogP contribution < -0.4 is 4.90 Å². The number of aryl methyl sites for hydroxylation is 2. The maximum Gasteiger partial charge on any atom is 0.416 e. The predicted molar refractivity (Wildman–Crippen MR) is 122 cm³/mol. The Hall–Kier alpha value is -2.94. The first kappa shape index (κ1) is 23.2. The summed E-state index contributed by atoms with van der Waals surface area (Å²) in [6, 6.07) is 12.8. The lowest BCUT2D eigenvalue weighted by molar-refractivity contribution is -0.137. The lowest BCUT2D eigenvalue weighted by atomic mass is 10.1. The second-order valence-corrected chi connectivity index (χ2v) is 8.93. The van der Waals surface area contributed by atoms with Crippen LogP contribution in [0.5, 0.6) is 0 Å². The van der Waals surface area contributed by atoms with Crippen LogP contribution in [0.4, 0.5) is 18.9 Å². The Morgan fingerprint density at radius 2 is 1.79 bits per heavy atom. The van der Waals surface area contributed by atoms with Gasteiger partial charge in [-0.25, -0.2) is 0 Å². The Labute approximate surface area is 194 Å². The van der Waals surface area contributed by atoms with Crippen molar-refractivity contribution >= 4 is 23.4 Å². The van der Waals surface area contributed by atoms with E-state index in [9.17, 15) is 18.0 Å². The molecule has 3 aromatic rings. The highest BCUT2D eigenvalue weighted by molar-refractivity contribution is 7.98. The number of amides is 1. The molecule has 33 heavy (non-hydrogen) atoms. The summed E-state index contributed by atoms with van der Waals surface area (Å²) in [5, 5.41) is 3.98. The predicted octanol–water partition coefficient (Wildman–Crippen LogP) is 5.56. The van der Waals surface area contributed by atoms with Crippen LogP contribution in [-0.2, 0) is 11.9 Å². The summed E-state index contributed by atoms with van der Waals surface area (Å²) in [6.07, 6.45) is -4.38. The first-order valence-corrected chi connectivity index (χ1v) is 11.6. The Bertz CT molecular complexity index is 1120. The molecule has 0 radical (unpaired) electrons. The van der Waals surface area contributed by atoms with Gasteiger partial charge < -0.3 is 14.3 Å². The van der Waals surface area contributed by atoms with Crippen molar-refractivity contribution < 1.29 is 22.5 Å². The first-order chi connectivity index (χ1) is 15.7. The minimum absolute atomic E-state index is 0.0689. The Morgan fingerprint density at radius 3 is 2.45 bits per heavy atom. The topological polar surface area (TPSA) is 49.6 Å². The monoisotopic (exact) mass is 475 g/mol. The molecule has 0 unspecified atom stereocenters. The van der Waals surface area contributed by atoms with Crippen LogP contribution in [0.2, 0.25) is 0 Å². The van der Waals surface area contributed by atoms with Gasteiger partial charge in [0.1, 0.15) is 5.76 Å². The van der Waals surface area contributed by atoms with Gasteiger partial charge in [0.2, 0.25) is 0 Å². The van der Waals surface area contributed by atoms with Crippen molar-refractivity contribution in [3.63, 3.8) is 0 Å². The van der Waals surface area contributed by atoms with Crippen molar-refractivity contribution in [2.75, 3.05) is 31.1 Å². The van der Waals surface area contributed by atoms with Crippen molar-refractivity contribution in [1.29, 1.82) is 0 Å². The molecule has 1 aromatic heterocycles. The molecule has 0 N–H and O–H groups in total. The van der Waals surface area contributed by atoms with E-state index >= 15 is 0 Å². The van der Waals surface area contributed by atoms with E-state index in [2.05, 4.69) is 5.16 Å². The highest BCUT2D eigenvalue weighted by atomic mass is 32.2. The summed E-state index contributed by atoms with van der Waals surface area (Å²) in [5.74, 6) is 1.35. The van der Waals surface area contributed by atoms with Crippen LogP contribution in [0.25, 0.3) is 0 Å². The summed E-state index contributed by atoms with van der Waals surface area (Å²) in [5.41, 5.74) is 2.35. The number of benzene rings is 2. The number of nitrogens with zero attached hydrogens (tertiary/aromatic N) is 3. The maximum atomic E-state index is 13.3. The van der Waals surface area contributed by atoms with Crippen LogP contribution in [0, 0.1) is 13.8 Å². The lowest BCUT2D eigenvalue weighted by Gasteiger charge is -2.36. The van der Waals surface area contributed by atoms with Gasteiger partial charge in [-0.05, 0) is 44.2 Å². The molecule has 5 nitrogen and oxygen atoms in total. The molecule has 1 fully saturated rings. The van der Waals surface area contributed by atoms with Crippen molar-refractivity contribution in [2.24, 2.45) is 0 Å². The molecule has 1 saturated heterocycles. The summed E-state index contributed by atoms with van der Waals surface area (Å²) in [7, 11) is 0. The normalized spacial score (nSPS) is 14.6. The number of aromatic nitrogens is 1. The number of alkyl halides is 3. The van der Waals surface area contributed by atoms with Gasteiger partial charge in [0.15, 0.2) is 0 Å².